The van der Waals surface area contributed by atoms with Gasteiger partial charge < -0.3 is 9.88 Å². The SMILES string of the molecule is N#CC1(C(=O)N2CCCC2c2nc3ccccc3[nH]2)CCC1. The van der Waals surface area contributed by atoms with Crippen LogP contribution in [0.2, 0.25) is 0 Å². The third-order valence-corrected chi connectivity index (χ3v) is 5.07. The molecule has 1 aliphatic heterocycles. The van der Waals surface area contributed by atoms with Gasteiger partial charge in [-0.1, -0.05) is 12.1 Å². The van der Waals surface area contributed by atoms with Crippen LogP contribution in [0.25, 0.3) is 11.0 Å². The van der Waals surface area contributed by atoms with Crippen molar-refractivity contribution in [3.05, 3.63) is 30.1 Å². The molecule has 1 N–H and O–H groups in total. The van der Waals surface area contributed by atoms with Gasteiger partial charge in [-0.15, -0.1) is 0 Å². The number of H-pyrrole nitrogens is 1. The Morgan fingerprint density at radius 3 is 2.86 bits per heavy atom. The number of likely N-dealkylation sites (tertiary alicyclic amines) is 1. The molecule has 0 radical (unpaired) electrons. The summed E-state index contributed by atoms with van der Waals surface area (Å²) in [5.74, 6) is 0.851. The van der Waals surface area contributed by atoms with Crippen LogP contribution in [0.1, 0.15) is 44.0 Å². The molecular weight excluding hydrogens is 276 g/mol. The van der Waals surface area contributed by atoms with Crippen LogP contribution < -0.4 is 0 Å². The monoisotopic (exact) mass is 294 g/mol. The molecule has 1 aromatic carbocycles. The summed E-state index contributed by atoms with van der Waals surface area (Å²) >= 11 is 0. The number of nitriles is 1. The second kappa shape index (κ2) is 4.84. The molecule has 1 amide bonds. The van der Waals surface area contributed by atoms with Gasteiger partial charge in [0.25, 0.3) is 0 Å². The van der Waals surface area contributed by atoms with Crippen molar-refractivity contribution >= 4 is 16.9 Å². The minimum atomic E-state index is -0.769. The molecule has 5 nitrogen and oxygen atoms in total. The van der Waals surface area contributed by atoms with E-state index in [1.807, 2.05) is 29.2 Å². The zero-order valence-electron chi connectivity index (χ0n) is 12.4. The highest BCUT2D eigenvalue weighted by Crippen LogP contribution is 2.45. The molecule has 4 rings (SSSR count). The average Bonchev–Trinajstić information content (AvgIpc) is 3.12. The van der Waals surface area contributed by atoms with Crippen molar-refractivity contribution in [3.8, 4) is 6.07 Å². The Kier molecular flexibility index (Phi) is 2.93. The van der Waals surface area contributed by atoms with E-state index in [9.17, 15) is 10.1 Å². The first-order valence-electron chi connectivity index (χ1n) is 7.90. The van der Waals surface area contributed by atoms with Crippen molar-refractivity contribution in [2.75, 3.05) is 6.54 Å². The van der Waals surface area contributed by atoms with Gasteiger partial charge in [0.15, 0.2) is 0 Å². The number of aromatic nitrogens is 2. The summed E-state index contributed by atoms with van der Waals surface area (Å²) in [5.41, 5.74) is 1.15. The number of hydrogen-bond acceptors (Lipinski definition) is 3. The molecule has 1 unspecified atom stereocenters. The van der Waals surface area contributed by atoms with Crippen molar-refractivity contribution in [1.29, 1.82) is 5.26 Å². The number of aromatic amines is 1. The molecule has 1 aliphatic carbocycles. The normalized spacial score (nSPS) is 23.2. The molecule has 112 valence electrons. The number of fused-ring (bicyclic) bond motifs is 1. The van der Waals surface area contributed by atoms with Crippen molar-refractivity contribution in [1.82, 2.24) is 14.9 Å². The predicted molar refractivity (Wildman–Crippen MR) is 81.7 cm³/mol. The summed E-state index contributed by atoms with van der Waals surface area (Å²) in [6, 6.07) is 10.1. The van der Waals surface area contributed by atoms with Crippen molar-refractivity contribution in [3.63, 3.8) is 0 Å². The minimum absolute atomic E-state index is 0.00389. The van der Waals surface area contributed by atoms with Crippen LogP contribution in [0.15, 0.2) is 24.3 Å². The number of carbonyl (C=O) groups is 1. The molecule has 2 fully saturated rings. The Labute approximate surface area is 128 Å². The molecule has 1 aromatic heterocycles. The van der Waals surface area contributed by atoms with Crippen LogP contribution in [0, 0.1) is 16.7 Å². The number of imidazole rings is 1. The average molecular weight is 294 g/mol. The number of rotatable bonds is 2. The van der Waals surface area contributed by atoms with Gasteiger partial charge in [-0.2, -0.15) is 5.26 Å². The van der Waals surface area contributed by atoms with Crippen LogP contribution in [0.3, 0.4) is 0 Å². The lowest BCUT2D eigenvalue weighted by Crippen LogP contribution is -2.46. The molecule has 2 aromatic rings. The van der Waals surface area contributed by atoms with E-state index in [1.54, 1.807) is 0 Å². The maximum absolute atomic E-state index is 12.8. The van der Waals surface area contributed by atoms with Gasteiger partial charge in [0, 0.05) is 6.54 Å². The summed E-state index contributed by atoms with van der Waals surface area (Å²) < 4.78 is 0. The Bertz CT molecular complexity index is 735. The molecule has 2 heterocycles. The van der Waals surface area contributed by atoms with Gasteiger partial charge in [0.1, 0.15) is 11.2 Å². The second-order valence-corrected chi connectivity index (χ2v) is 6.34. The molecular formula is C17H18N4O. The predicted octanol–water partition coefficient (Wildman–Crippen LogP) is 2.92. The van der Waals surface area contributed by atoms with E-state index in [-0.39, 0.29) is 11.9 Å². The van der Waals surface area contributed by atoms with E-state index in [0.717, 1.165) is 42.7 Å². The fraction of sp³-hybridized carbons (Fsp3) is 0.471. The third-order valence-electron chi connectivity index (χ3n) is 5.07. The lowest BCUT2D eigenvalue weighted by Gasteiger charge is -2.38. The number of nitrogens with one attached hydrogen (secondary N) is 1. The maximum atomic E-state index is 12.8. The summed E-state index contributed by atoms with van der Waals surface area (Å²) in [4.78, 5) is 22.7. The van der Waals surface area contributed by atoms with E-state index in [2.05, 4.69) is 16.0 Å². The molecule has 2 aliphatic rings. The molecule has 0 spiro atoms. The van der Waals surface area contributed by atoms with Gasteiger partial charge >= 0.3 is 0 Å². The molecule has 22 heavy (non-hydrogen) atoms. The highest BCUT2D eigenvalue weighted by atomic mass is 16.2. The summed E-state index contributed by atoms with van der Waals surface area (Å²) in [7, 11) is 0. The fourth-order valence-corrected chi connectivity index (χ4v) is 3.60. The van der Waals surface area contributed by atoms with Crippen molar-refractivity contribution < 1.29 is 4.79 Å². The smallest absolute Gasteiger partial charge is 0.243 e. The van der Waals surface area contributed by atoms with Gasteiger partial charge in [0.05, 0.1) is 23.1 Å². The number of nitrogens with zero attached hydrogens (tertiary/aromatic N) is 3. The Morgan fingerprint density at radius 2 is 2.18 bits per heavy atom. The molecule has 5 heteroatoms. The Balaban J connectivity index is 1.66. The van der Waals surface area contributed by atoms with Crippen LogP contribution in [0.5, 0.6) is 0 Å². The van der Waals surface area contributed by atoms with Crippen LogP contribution >= 0.6 is 0 Å². The molecule has 1 saturated carbocycles. The number of benzene rings is 1. The molecule has 1 atom stereocenters. The summed E-state index contributed by atoms with van der Waals surface area (Å²) in [6.07, 6.45) is 4.25. The highest BCUT2D eigenvalue weighted by Gasteiger charge is 2.49. The van der Waals surface area contributed by atoms with Gasteiger partial charge in [0.2, 0.25) is 5.91 Å². The first-order chi connectivity index (χ1) is 10.7. The third kappa shape index (κ3) is 1.83. The van der Waals surface area contributed by atoms with Crippen LogP contribution in [-0.2, 0) is 4.79 Å². The number of para-hydroxylation sites is 2. The summed E-state index contributed by atoms with van der Waals surface area (Å²) in [6.45, 7) is 0.726. The zero-order chi connectivity index (χ0) is 15.2. The number of hydrogen-bond donors (Lipinski definition) is 1. The Hall–Kier alpha value is -2.35. The van der Waals surface area contributed by atoms with Crippen LogP contribution in [0.4, 0.5) is 0 Å². The molecule has 0 bridgehead atoms. The number of carbonyl (C=O) groups excluding carboxylic acids is 1. The topological polar surface area (TPSA) is 72.8 Å². The lowest BCUT2D eigenvalue weighted by atomic mass is 9.69. The quantitative estimate of drug-likeness (QED) is 0.925. The van der Waals surface area contributed by atoms with E-state index in [4.69, 9.17) is 0 Å². The standard InChI is InChI=1S/C17H18N4O/c18-11-17(8-4-9-17)16(22)21-10-3-7-14(21)15-19-12-5-1-2-6-13(12)20-15/h1-2,5-6,14H,3-4,7-10H2,(H,19,20). The van der Waals surface area contributed by atoms with E-state index >= 15 is 0 Å². The number of amides is 1. The maximum Gasteiger partial charge on any atom is 0.243 e. The first kappa shape index (κ1) is 13.3. The van der Waals surface area contributed by atoms with E-state index < -0.39 is 5.41 Å². The lowest BCUT2D eigenvalue weighted by molar-refractivity contribution is -0.144. The van der Waals surface area contributed by atoms with Gasteiger partial charge in [-0.3, -0.25) is 4.79 Å². The fourth-order valence-electron chi connectivity index (χ4n) is 3.60. The minimum Gasteiger partial charge on any atom is -0.340 e. The largest absolute Gasteiger partial charge is 0.340 e. The Morgan fingerprint density at radius 1 is 1.36 bits per heavy atom. The summed E-state index contributed by atoms with van der Waals surface area (Å²) in [5, 5.41) is 9.42. The van der Waals surface area contributed by atoms with Crippen molar-refractivity contribution in [2.45, 2.75) is 38.1 Å². The zero-order valence-corrected chi connectivity index (χ0v) is 12.4. The first-order valence-corrected chi connectivity index (χ1v) is 7.90. The van der Waals surface area contributed by atoms with E-state index in [1.165, 1.54) is 0 Å². The van der Waals surface area contributed by atoms with Gasteiger partial charge in [-0.25, -0.2) is 4.98 Å². The van der Waals surface area contributed by atoms with Crippen molar-refractivity contribution in [2.24, 2.45) is 5.41 Å². The molecule has 1 saturated heterocycles. The van der Waals surface area contributed by atoms with Crippen LogP contribution in [-0.4, -0.2) is 27.3 Å². The highest BCUT2D eigenvalue weighted by molar-refractivity contribution is 5.87. The van der Waals surface area contributed by atoms with E-state index in [0.29, 0.717) is 12.8 Å². The second-order valence-electron chi connectivity index (χ2n) is 6.34. The van der Waals surface area contributed by atoms with Gasteiger partial charge in [-0.05, 0) is 44.2 Å².